The minimum atomic E-state index is 0.846. The second-order valence-corrected chi connectivity index (χ2v) is 5.94. The second-order valence-electron chi connectivity index (χ2n) is 5.14. The van der Waals surface area contributed by atoms with E-state index in [1.807, 2.05) is 24.7 Å². The van der Waals surface area contributed by atoms with Gasteiger partial charge in [-0.25, -0.2) is 0 Å². The molecule has 100 valence electrons. The van der Waals surface area contributed by atoms with Crippen LogP contribution in [0.1, 0.15) is 22.5 Å². The number of nitrogens with two attached hydrogens (primary N) is 1. The lowest BCUT2D eigenvalue weighted by molar-refractivity contribution is 0.267. The average Bonchev–Trinajstić information content (AvgIpc) is 2.85. The summed E-state index contributed by atoms with van der Waals surface area (Å²) in [6.45, 7) is 4.85. The number of hydrogen-bond donors (Lipinski definition) is 1. The van der Waals surface area contributed by atoms with Crippen molar-refractivity contribution in [2.75, 3.05) is 5.73 Å². The maximum absolute atomic E-state index is 5.84. The van der Waals surface area contributed by atoms with Crippen molar-refractivity contribution in [3.05, 3.63) is 45.2 Å². The molecule has 5 heteroatoms. The van der Waals surface area contributed by atoms with Crippen LogP contribution in [0.15, 0.2) is 22.7 Å². The zero-order valence-corrected chi connectivity index (χ0v) is 12.7. The van der Waals surface area contributed by atoms with Gasteiger partial charge in [-0.1, -0.05) is 6.07 Å². The first kappa shape index (κ1) is 12.7. The van der Waals surface area contributed by atoms with Crippen molar-refractivity contribution in [1.29, 1.82) is 0 Å². The van der Waals surface area contributed by atoms with E-state index in [4.69, 9.17) is 5.73 Å². The highest BCUT2D eigenvalue weighted by molar-refractivity contribution is 9.10. The topological polar surface area (TPSA) is 47.1 Å². The van der Waals surface area contributed by atoms with Crippen molar-refractivity contribution in [2.24, 2.45) is 7.05 Å². The summed E-state index contributed by atoms with van der Waals surface area (Å²) < 4.78 is 3.07. The summed E-state index contributed by atoms with van der Waals surface area (Å²) in [5.74, 6) is 0. The molecule has 2 heterocycles. The first-order valence-corrected chi connectivity index (χ1v) is 7.11. The zero-order chi connectivity index (χ0) is 13.6. The van der Waals surface area contributed by atoms with Gasteiger partial charge in [0.15, 0.2) is 0 Å². The van der Waals surface area contributed by atoms with Crippen molar-refractivity contribution < 1.29 is 0 Å². The fourth-order valence-corrected chi connectivity index (χ4v) is 3.12. The third-order valence-electron chi connectivity index (χ3n) is 3.65. The monoisotopic (exact) mass is 320 g/mol. The van der Waals surface area contributed by atoms with Crippen molar-refractivity contribution in [2.45, 2.75) is 26.6 Å². The maximum Gasteiger partial charge on any atom is 0.0739 e. The van der Waals surface area contributed by atoms with E-state index in [9.17, 15) is 0 Å². The predicted molar refractivity (Wildman–Crippen MR) is 79.5 cm³/mol. The molecule has 0 unspecified atom stereocenters. The van der Waals surface area contributed by atoms with E-state index in [0.29, 0.717) is 0 Å². The lowest BCUT2D eigenvalue weighted by atomic mass is 10.1. The smallest absolute Gasteiger partial charge is 0.0739 e. The van der Waals surface area contributed by atoms with Crippen LogP contribution in [0.2, 0.25) is 0 Å². The summed E-state index contributed by atoms with van der Waals surface area (Å²) in [4.78, 5) is 2.41. The molecule has 0 bridgehead atoms. The Hall–Kier alpha value is -1.33. The van der Waals surface area contributed by atoms with E-state index in [2.05, 4.69) is 38.1 Å². The summed E-state index contributed by atoms with van der Waals surface area (Å²) >= 11 is 3.63. The van der Waals surface area contributed by atoms with Crippen LogP contribution in [-0.4, -0.2) is 14.7 Å². The minimum Gasteiger partial charge on any atom is -0.399 e. The number of halogens is 1. The normalized spacial score (nSPS) is 14.9. The Kier molecular flexibility index (Phi) is 3.11. The SMILES string of the molecule is Cc1nn(C)c(CN2Cc3ccc(N)cc3C2)c1Br. The van der Waals surface area contributed by atoms with E-state index in [1.54, 1.807) is 0 Å². The van der Waals surface area contributed by atoms with Gasteiger partial charge in [-0.3, -0.25) is 9.58 Å². The Labute approximate surface area is 121 Å². The third kappa shape index (κ3) is 2.28. The van der Waals surface area contributed by atoms with Gasteiger partial charge in [0.25, 0.3) is 0 Å². The fraction of sp³-hybridized carbons (Fsp3) is 0.357. The number of nitrogens with zero attached hydrogens (tertiary/aromatic N) is 3. The molecule has 0 fully saturated rings. The van der Waals surface area contributed by atoms with E-state index in [1.165, 1.54) is 16.8 Å². The van der Waals surface area contributed by atoms with Crippen molar-refractivity contribution >= 4 is 21.6 Å². The van der Waals surface area contributed by atoms with Gasteiger partial charge >= 0.3 is 0 Å². The summed E-state index contributed by atoms with van der Waals surface area (Å²) in [7, 11) is 1.99. The summed E-state index contributed by atoms with van der Waals surface area (Å²) in [6.07, 6.45) is 0. The van der Waals surface area contributed by atoms with Gasteiger partial charge in [-0.2, -0.15) is 5.10 Å². The highest BCUT2D eigenvalue weighted by Gasteiger charge is 2.21. The Bertz CT molecular complexity index is 633. The molecule has 0 atom stereocenters. The summed E-state index contributed by atoms with van der Waals surface area (Å²) in [5, 5.41) is 4.44. The number of aryl methyl sites for hydroxylation is 2. The highest BCUT2D eigenvalue weighted by Crippen LogP contribution is 2.28. The molecule has 1 aliphatic rings. The molecular formula is C14H17BrN4. The van der Waals surface area contributed by atoms with Crippen molar-refractivity contribution in [3.63, 3.8) is 0 Å². The molecule has 1 aliphatic heterocycles. The Morgan fingerprint density at radius 3 is 2.74 bits per heavy atom. The number of aromatic nitrogens is 2. The molecule has 19 heavy (non-hydrogen) atoms. The van der Waals surface area contributed by atoms with Gasteiger partial charge in [0.1, 0.15) is 0 Å². The van der Waals surface area contributed by atoms with Crippen LogP contribution in [0.4, 0.5) is 5.69 Å². The predicted octanol–water partition coefficient (Wildman–Crippen LogP) is 2.59. The standard InChI is InChI=1S/C14H17BrN4/c1-9-14(15)13(18(2)17-9)8-19-6-10-3-4-12(16)5-11(10)7-19/h3-5H,6-8,16H2,1-2H3. The van der Waals surface area contributed by atoms with Crippen molar-refractivity contribution in [1.82, 2.24) is 14.7 Å². The number of anilines is 1. The molecule has 0 amide bonds. The molecule has 0 aliphatic carbocycles. The molecule has 0 saturated heterocycles. The van der Waals surface area contributed by atoms with Gasteiger partial charge in [0.05, 0.1) is 15.9 Å². The Balaban J connectivity index is 1.80. The van der Waals surface area contributed by atoms with Crippen LogP contribution in [0.25, 0.3) is 0 Å². The second kappa shape index (κ2) is 4.65. The lowest BCUT2D eigenvalue weighted by Crippen LogP contribution is -2.18. The molecule has 0 radical (unpaired) electrons. The molecule has 3 rings (SSSR count). The van der Waals surface area contributed by atoms with Crippen LogP contribution >= 0.6 is 15.9 Å². The molecule has 2 aromatic rings. The van der Waals surface area contributed by atoms with E-state index >= 15 is 0 Å². The van der Waals surface area contributed by atoms with E-state index < -0.39 is 0 Å². The van der Waals surface area contributed by atoms with Gasteiger partial charge in [0, 0.05) is 32.4 Å². The molecule has 1 aromatic heterocycles. The molecule has 4 nitrogen and oxygen atoms in total. The van der Waals surface area contributed by atoms with Crippen LogP contribution in [0, 0.1) is 6.92 Å². The van der Waals surface area contributed by atoms with Gasteiger partial charge in [-0.15, -0.1) is 0 Å². The maximum atomic E-state index is 5.84. The number of rotatable bonds is 2. The average molecular weight is 321 g/mol. The van der Waals surface area contributed by atoms with Crippen molar-refractivity contribution in [3.8, 4) is 0 Å². The van der Waals surface area contributed by atoms with Gasteiger partial charge in [0.2, 0.25) is 0 Å². The van der Waals surface area contributed by atoms with Crippen LogP contribution < -0.4 is 5.73 Å². The molecule has 0 saturated carbocycles. The molecular weight excluding hydrogens is 304 g/mol. The molecule has 1 aromatic carbocycles. The Morgan fingerprint density at radius 1 is 1.32 bits per heavy atom. The van der Waals surface area contributed by atoms with Crippen LogP contribution in [-0.2, 0) is 26.7 Å². The summed E-state index contributed by atoms with van der Waals surface area (Å²) in [6, 6.07) is 6.19. The number of benzene rings is 1. The fourth-order valence-electron chi connectivity index (χ4n) is 2.66. The lowest BCUT2D eigenvalue weighted by Gasteiger charge is -2.15. The summed E-state index contributed by atoms with van der Waals surface area (Å²) in [5.41, 5.74) is 11.7. The van der Waals surface area contributed by atoms with Crippen LogP contribution in [0.5, 0.6) is 0 Å². The van der Waals surface area contributed by atoms with Crippen LogP contribution in [0.3, 0.4) is 0 Å². The zero-order valence-electron chi connectivity index (χ0n) is 11.2. The largest absolute Gasteiger partial charge is 0.399 e. The third-order valence-corrected chi connectivity index (χ3v) is 4.68. The minimum absolute atomic E-state index is 0.846. The Morgan fingerprint density at radius 2 is 2.05 bits per heavy atom. The molecule has 2 N–H and O–H groups in total. The number of fused-ring (bicyclic) bond motifs is 1. The number of nitrogen functional groups attached to an aromatic ring is 1. The van der Waals surface area contributed by atoms with E-state index in [-0.39, 0.29) is 0 Å². The van der Waals surface area contributed by atoms with Gasteiger partial charge in [-0.05, 0) is 46.1 Å². The molecule has 0 spiro atoms. The quantitative estimate of drug-likeness (QED) is 0.865. The first-order chi connectivity index (χ1) is 9.04. The number of hydrogen-bond acceptors (Lipinski definition) is 3. The highest BCUT2D eigenvalue weighted by atomic mass is 79.9. The first-order valence-electron chi connectivity index (χ1n) is 6.32. The van der Waals surface area contributed by atoms with E-state index in [0.717, 1.165) is 35.5 Å². The van der Waals surface area contributed by atoms with Gasteiger partial charge < -0.3 is 5.73 Å².